The van der Waals surface area contributed by atoms with Crippen molar-refractivity contribution in [3.63, 3.8) is 0 Å². The number of rotatable bonds is 6. The third-order valence-electron chi connectivity index (χ3n) is 6.35. The van der Waals surface area contributed by atoms with Crippen molar-refractivity contribution < 1.29 is 14.2 Å². The number of benzene rings is 2. The molecule has 2 bridgehead atoms. The molecule has 0 unspecified atom stereocenters. The number of fused-ring (bicyclic) bond motifs is 2. The van der Waals surface area contributed by atoms with Crippen molar-refractivity contribution in [2.24, 2.45) is 0 Å². The lowest BCUT2D eigenvalue weighted by Gasteiger charge is -2.32. The van der Waals surface area contributed by atoms with E-state index >= 15 is 0 Å². The molecular weight excluding hydrogens is 329 g/mol. The van der Waals surface area contributed by atoms with Crippen molar-refractivity contribution in [2.75, 3.05) is 7.11 Å². The number of aryl methyl sites for hydroxylation is 1. The van der Waals surface area contributed by atoms with Crippen LogP contribution in [0.3, 0.4) is 0 Å². The van der Waals surface area contributed by atoms with Crippen LogP contribution in [0.2, 0.25) is 0 Å². The summed E-state index contributed by atoms with van der Waals surface area (Å²) in [5, 5.41) is 14.7. The van der Waals surface area contributed by atoms with Crippen molar-refractivity contribution >= 4 is 0 Å². The van der Waals surface area contributed by atoms with Crippen molar-refractivity contribution in [1.82, 2.24) is 5.32 Å². The third-order valence-corrected chi connectivity index (χ3v) is 6.35. The first-order chi connectivity index (χ1) is 12.5. The number of aliphatic hydroxyl groups excluding tert-OH is 1. The van der Waals surface area contributed by atoms with Gasteiger partial charge in [0.1, 0.15) is 11.6 Å². The summed E-state index contributed by atoms with van der Waals surface area (Å²) in [5.41, 5.74) is 1.75. The van der Waals surface area contributed by atoms with Gasteiger partial charge in [-0.1, -0.05) is 24.3 Å². The summed E-state index contributed by atoms with van der Waals surface area (Å²) >= 11 is 0. The summed E-state index contributed by atoms with van der Waals surface area (Å²) in [4.78, 5) is 0. The number of aliphatic hydroxyl groups is 1. The van der Waals surface area contributed by atoms with Crippen molar-refractivity contribution in [2.45, 2.75) is 55.7 Å². The standard InChI is InChI=1S/C22H26FNO2/c1-26-19-7-5-16(6-8-19)9-10-21-11-13-22(24-21,14-12-21)20(25)17-3-2-4-18(23)15-17/h2-8,15,20,24-25H,9-14H2,1H3/t20-,21?,22?/m1/s1. The molecule has 1 atom stereocenters. The molecule has 2 heterocycles. The molecule has 0 radical (unpaired) electrons. The highest BCUT2D eigenvalue weighted by atomic mass is 19.1. The van der Waals surface area contributed by atoms with Crippen molar-refractivity contribution in [3.05, 3.63) is 65.5 Å². The second kappa shape index (κ2) is 6.67. The average molecular weight is 355 g/mol. The third kappa shape index (κ3) is 3.12. The number of hydrogen-bond donors (Lipinski definition) is 2. The fourth-order valence-electron chi connectivity index (χ4n) is 4.78. The predicted molar refractivity (Wildman–Crippen MR) is 99.7 cm³/mol. The molecule has 3 nitrogen and oxygen atoms in total. The molecule has 4 heteroatoms. The van der Waals surface area contributed by atoms with Crippen molar-refractivity contribution in [1.29, 1.82) is 0 Å². The maximum Gasteiger partial charge on any atom is 0.123 e. The molecule has 0 saturated carbocycles. The van der Waals surface area contributed by atoms with Crippen LogP contribution < -0.4 is 10.1 Å². The average Bonchev–Trinajstić information content (AvgIpc) is 3.24. The Morgan fingerprint density at radius 1 is 1.12 bits per heavy atom. The molecule has 2 saturated heterocycles. The van der Waals surface area contributed by atoms with Gasteiger partial charge in [-0.05, 0) is 73.9 Å². The van der Waals surface area contributed by atoms with Crippen LogP contribution in [0, 0.1) is 5.82 Å². The molecule has 2 aliphatic heterocycles. The van der Waals surface area contributed by atoms with Crippen LogP contribution in [0.4, 0.5) is 4.39 Å². The van der Waals surface area contributed by atoms with E-state index in [4.69, 9.17) is 4.74 Å². The summed E-state index contributed by atoms with van der Waals surface area (Å²) < 4.78 is 18.8. The van der Waals surface area contributed by atoms with Gasteiger partial charge >= 0.3 is 0 Å². The fraction of sp³-hybridized carbons (Fsp3) is 0.455. The first-order valence-corrected chi connectivity index (χ1v) is 9.40. The minimum atomic E-state index is -0.663. The van der Waals surface area contributed by atoms with Crippen LogP contribution in [-0.4, -0.2) is 23.3 Å². The molecule has 0 aromatic heterocycles. The van der Waals surface area contributed by atoms with Crippen LogP contribution >= 0.6 is 0 Å². The zero-order chi connectivity index (χ0) is 18.2. The summed E-state index contributed by atoms with van der Waals surface area (Å²) in [7, 11) is 1.68. The molecule has 0 amide bonds. The molecule has 2 aromatic rings. The highest BCUT2D eigenvalue weighted by Gasteiger charge is 2.56. The molecule has 2 fully saturated rings. The maximum atomic E-state index is 13.6. The largest absolute Gasteiger partial charge is 0.497 e. The van der Waals surface area contributed by atoms with E-state index in [2.05, 4.69) is 17.4 Å². The number of methoxy groups -OCH3 is 1. The lowest BCUT2D eigenvalue weighted by atomic mass is 9.76. The summed E-state index contributed by atoms with van der Waals surface area (Å²) in [6.07, 6.45) is 5.40. The summed E-state index contributed by atoms with van der Waals surface area (Å²) in [5.74, 6) is 0.587. The Kier molecular flexibility index (Phi) is 4.49. The summed E-state index contributed by atoms with van der Waals surface area (Å²) in [6.45, 7) is 0. The number of ether oxygens (including phenoxy) is 1. The predicted octanol–water partition coefficient (Wildman–Crippen LogP) is 4.16. The highest BCUT2D eigenvalue weighted by molar-refractivity contribution is 5.29. The van der Waals surface area contributed by atoms with E-state index in [1.54, 1.807) is 13.2 Å². The SMILES string of the molecule is COc1ccc(CCC23CCC([C@H](O)c4cccc(F)c4)(CC2)N3)cc1. The Morgan fingerprint density at radius 3 is 2.50 bits per heavy atom. The van der Waals surface area contributed by atoms with Gasteiger partial charge in [-0.15, -0.1) is 0 Å². The highest BCUT2D eigenvalue weighted by Crippen LogP contribution is 2.52. The monoisotopic (exact) mass is 355 g/mol. The van der Waals surface area contributed by atoms with Crippen LogP contribution in [0.1, 0.15) is 49.3 Å². The van der Waals surface area contributed by atoms with Gasteiger partial charge in [0.15, 0.2) is 0 Å². The topological polar surface area (TPSA) is 41.5 Å². The lowest BCUT2D eigenvalue weighted by Crippen LogP contribution is -2.46. The van der Waals surface area contributed by atoms with Gasteiger partial charge < -0.3 is 15.2 Å². The fourth-order valence-corrected chi connectivity index (χ4v) is 4.78. The zero-order valence-corrected chi connectivity index (χ0v) is 15.2. The molecule has 2 aromatic carbocycles. The summed E-state index contributed by atoms with van der Waals surface area (Å²) in [6, 6.07) is 14.6. The molecule has 138 valence electrons. The van der Waals surface area contributed by atoms with E-state index in [1.165, 1.54) is 17.7 Å². The minimum Gasteiger partial charge on any atom is -0.497 e. The minimum absolute atomic E-state index is 0.0915. The molecule has 2 aliphatic rings. The van der Waals surface area contributed by atoms with E-state index in [0.717, 1.165) is 44.3 Å². The van der Waals surface area contributed by atoms with Gasteiger partial charge in [-0.2, -0.15) is 0 Å². The Bertz CT molecular complexity index is 766. The quantitative estimate of drug-likeness (QED) is 0.818. The van der Waals surface area contributed by atoms with Crippen LogP contribution in [-0.2, 0) is 6.42 Å². The van der Waals surface area contributed by atoms with Gasteiger partial charge in [0.2, 0.25) is 0 Å². The number of nitrogens with one attached hydrogen (secondary N) is 1. The number of halogens is 1. The van der Waals surface area contributed by atoms with E-state index in [-0.39, 0.29) is 16.9 Å². The maximum absolute atomic E-state index is 13.6. The van der Waals surface area contributed by atoms with Gasteiger partial charge in [0, 0.05) is 11.1 Å². The molecule has 26 heavy (non-hydrogen) atoms. The first kappa shape index (κ1) is 17.5. The van der Waals surface area contributed by atoms with E-state index in [9.17, 15) is 9.50 Å². The second-order valence-electron chi connectivity index (χ2n) is 7.87. The Hall–Kier alpha value is -1.91. The van der Waals surface area contributed by atoms with Crippen LogP contribution in [0.5, 0.6) is 5.75 Å². The Balaban J connectivity index is 1.44. The van der Waals surface area contributed by atoms with Gasteiger partial charge in [0.05, 0.1) is 13.2 Å². The Morgan fingerprint density at radius 2 is 1.85 bits per heavy atom. The smallest absolute Gasteiger partial charge is 0.123 e. The molecule has 4 rings (SSSR count). The Labute approximate surface area is 154 Å². The normalized spacial score (nSPS) is 28.3. The lowest BCUT2D eigenvalue weighted by molar-refractivity contribution is 0.0733. The van der Waals surface area contributed by atoms with Gasteiger partial charge in [-0.25, -0.2) is 4.39 Å². The first-order valence-electron chi connectivity index (χ1n) is 9.40. The van der Waals surface area contributed by atoms with E-state index < -0.39 is 6.10 Å². The van der Waals surface area contributed by atoms with Crippen LogP contribution in [0.15, 0.2) is 48.5 Å². The molecule has 0 spiro atoms. The zero-order valence-electron chi connectivity index (χ0n) is 15.2. The molecular formula is C22H26FNO2. The van der Waals surface area contributed by atoms with Gasteiger partial charge in [0.25, 0.3) is 0 Å². The molecule has 0 aliphatic carbocycles. The number of hydrogen-bond acceptors (Lipinski definition) is 3. The van der Waals surface area contributed by atoms with Crippen molar-refractivity contribution in [3.8, 4) is 5.75 Å². The van der Waals surface area contributed by atoms with E-state index in [1.807, 2.05) is 18.2 Å². The van der Waals surface area contributed by atoms with E-state index in [0.29, 0.717) is 5.56 Å². The van der Waals surface area contributed by atoms with Crippen LogP contribution in [0.25, 0.3) is 0 Å². The second-order valence-corrected chi connectivity index (χ2v) is 7.87. The van der Waals surface area contributed by atoms with Gasteiger partial charge in [-0.3, -0.25) is 0 Å². The molecule has 2 N–H and O–H groups in total.